The minimum Gasteiger partial charge on any atom is -0.466 e. The van der Waals surface area contributed by atoms with Crippen LogP contribution < -0.4 is 10.6 Å². The first-order valence-electron chi connectivity index (χ1n) is 11.8. The summed E-state index contributed by atoms with van der Waals surface area (Å²) in [6, 6.07) is 6.07. The van der Waals surface area contributed by atoms with Crippen LogP contribution in [-0.4, -0.2) is 71.8 Å². The summed E-state index contributed by atoms with van der Waals surface area (Å²) in [5.41, 5.74) is 0.568. The number of aryl methyl sites for hydroxylation is 1. The van der Waals surface area contributed by atoms with Crippen molar-refractivity contribution in [3.8, 4) is 6.07 Å². The Labute approximate surface area is 211 Å². The number of hydrogen-bond donors (Lipinski definition) is 3. The maximum absolute atomic E-state index is 13.4. The van der Waals surface area contributed by atoms with Crippen molar-refractivity contribution in [3.63, 3.8) is 0 Å². The Bertz CT molecular complexity index is 935. The summed E-state index contributed by atoms with van der Waals surface area (Å²) >= 11 is 0. The highest BCUT2D eigenvalue weighted by Crippen LogP contribution is 2.23. The number of esters is 1. The lowest BCUT2D eigenvalue weighted by molar-refractivity contribution is -0.144. The highest BCUT2D eigenvalue weighted by molar-refractivity contribution is 5.92. The number of carbonyl (C=O) groups excluding carboxylic acids is 4. The van der Waals surface area contributed by atoms with E-state index >= 15 is 0 Å². The highest BCUT2D eigenvalue weighted by Gasteiger charge is 2.36. The van der Waals surface area contributed by atoms with Gasteiger partial charge >= 0.3 is 12.1 Å². The van der Waals surface area contributed by atoms with Crippen molar-refractivity contribution in [2.24, 2.45) is 0 Å². The molecule has 2 atom stereocenters. The first-order chi connectivity index (χ1) is 17.0. The fourth-order valence-corrected chi connectivity index (χ4v) is 3.23. The summed E-state index contributed by atoms with van der Waals surface area (Å²) < 4.78 is 10.0. The van der Waals surface area contributed by atoms with Crippen molar-refractivity contribution in [2.75, 3.05) is 26.3 Å². The summed E-state index contributed by atoms with van der Waals surface area (Å²) in [5.74, 6) is -1.98. The van der Waals surface area contributed by atoms with Crippen LogP contribution in [0.1, 0.15) is 58.2 Å². The molecule has 0 aliphatic heterocycles. The molecule has 3 amide bonds. The van der Waals surface area contributed by atoms with E-state index in [2.05, 4.69) is 10.6 Å². The fraction of sp³-hybridized carbons (Fsp3) is 0.560. The van der Waals surface area contributed by atoms with E-state index in [1.165, 1.54) is 0 Å². The van der Waals surface area contributed by atoms with Crippen LogP contribution in [0.5, 0.6) is 0 Å². The van der Waals surface area contributed by atoms with Crippen LogP contribution in [-0.2, 0) is 30.3 Å². The van der Waals surface area contributed by atoms with Gasteiger partial charge in [-0.05, 0) is 45.2 Å². The van der Waals surface area contributed by atoms with E-state index in [4.69, 9.17) is 9.47 Å². The van der Waals surface area contributed by atoms with E-state index in [1.54, 1.807) is 52.0 Å². The van der Waals surface area contributed by atoms with E-state index in [-0.39, 0.29) is 19.6 Å². The molecule has 11 heteroatoms. The predicted octanol–water partition coefficient (Wildman–Crippen LogP) is 1.60. The molecule has 0 radical (unpaired) electrons. The average molecular weight is 505 g/mol. The number of nitrogens with one attached hydrogen (secondary N) is 2. The summed E-state index contributed by atoms with van der Waals surface area (Å²) in [6.07, 6.45) is -0.258. The van der Waals surface area contributed by atoms with Gasteiger partial charge in [-0.15, -0.1) is 0 Å². The van der Waals surface area contributed by atoms with Crippen molar-refractivity contribution in [2.45, 2.75) is 65.1 Å². The number of aliphatic hydroxyl groups is 1. The highest BCUT2D eigenvalue weighted by atomic mass is 16.6. The van der Waals surface area contributed by atoms with Gasteiger partial charge < -0.3 is 30.1 Å². The molecule has 0 bridgehead atoms. The summed E-state index contributed by atoms with van der Waals surface area (Å²) in [5, 5.41) is 24.1. The zero-order valence-electron chi connectivity index (χ0n) is 21.5. The molecule has 0 saturated heterocycles. The predicted molar refractivity (Wildman–Crippen MR) is 130 cm³/mol. The quantitative estimate of drug-likeness (QED) is 0.286. The number of benzene rings is 1. The third kappa shape index (κ3) is 9.92. The van der Waals surface area contributed by atoms with E-state index in [0.717, 1.165) is 16.9 Å². The zero-order chi connectivity index (χ0) is 27.3. The molecule has 198 valence electrons. The molecule has 0 fully saturated rings. The number of hydrogen-bond acceptors (Lipinski definition) is 8. The van der Waals surface area contributed by atoms with Gasteiger partial charge in [0.1, 0.15) is 24.2 Å². The van der Waals surface area contributed by atoms with Crippen molar-refractivity contribution < 1.29 is 33.8 Å². The van der Waals surface area contributed by atoms with E-state index < -0.39 is 54.7 Å². The van der Waals surface area contributed by atoms with Crippen molar-refractivity contribution in [3.05, 3.63) is 35.4 Å². The first kappa shape index (κ1) is 30.4. The summed E-state index contributed by atoms with van der Waals surface area (Å²) in [7, 11) is 0. The standard InChI is InChI=1S/C25H36N4O7/c1-6-17-8-10-18(11-9-17)21(22(32)27-14-12-20(31)35-7-2)29(15-13-26)23(33)19(16-30)28-24(34)36-25(3,4)5/h8-11,19,21,30H,6-7,12,14-16H2,1-5H3,(H,27,32)(H,28,34). The number of nitrogens with zero attached hydrogens (tertiary/aromatic N) is 2. The second kappa shape index (κ2) is 14.7. The van der Waals surface area contributed by atoms with Crippen molar-refractivity contribution >= 4 is 23.9 Å². The van der Waals surface area contributed by atoms with Gasteiger partial charge in [0.15, 0.2) is 0 Å². The lowest BCUT2D eigenvalue weighted by atomic mass is 10.0. The number of carbonyl (C=O) groups is 4. The number of nitriles is 1. The van der Waals surface area contributed by atoms with Crippen LogP contribution in [0.2, 0.25) is 0 Å². The maximum atomic E-state index is 13.4. The Morgan fingerprint density at radius 2 is 1.78 bits per heavy atom. The van der Waals surface area contributed by atoms with Crippen LogP contribution in [0.25, 0.3) is 0 Å². The Morgan fingerprint density at radius 1 is 1.14 bits per heavy atom. The second-order valence-corrected chi connectivity index (χ2v) is 8.85. The average Bonchev–Trinajstić information content (AvgIpc) is 2.81. The Morgan fingerprint density at radius 3 is 2.28 bits per heavy atom. The van der Waals surface area contributed by atoms with Gasteiger partial charge in [-0.3, -0.25) is 14.4 Å². The second-order valence-electron chi connectivity index (χ2n) is 8.85. The van der Waals surface area contributed by atoms with Gasteiger partial charge in [-0.2, -0.15) is 5.26 Å². The molecule has 1 aromatic carbocycles. The van der Waals surface area contributed by atoms with Gasteiger partial charge in [0.2, 0.25) is 11.8 Å². The van der Waals surface area contributed by atoms with Crippen LogP contribution in [0.15, 0.2) is 24.3 Å². The van der Waals surface area contributed by atoms with Gasteiger partial charge in [0.05, 0.1) is 25.7 Å². The van der Waals surface area contributed by atoms with E-state index in [1.807, 2.05) is 13.0 Å². The molecule has 0 heterocycles. The largest absolute Gasteiger partial charge is 0.466 e. The molecule has 0 aliphatic carbocycles. The molecule has 1 rings (SSSR count). The molecule has 0 spiro atoms. The normalized spacial score (nSPS) is 12.5. The third-order valence-electron chi connectivity index (χ3n) is 4.89. The molecule has 0 aliphatic rings. The monoisotopic (exact) mass is 504 g/mol. The molecular weight excluding hydrogens is 468 g/mol. The number of rotatable bonds is 12. The van der Waals surface area contributed by atoms with E-state index in [0.29, 0.717) is 5.56 Å². The van der Waals surface area contributed by atoms with Crippen LogP contribution in [0, 0.1) is 11.3 Å². The van der Waals surface area contributed by atoms with Crippen molar-refractivity contribution in [1.29, 1.82) is 5.26 Å². The lowest BCUT2D eigenvalue weighted by Gasteiger charge is -2.32. The van der Waals surface area contributed by atoms with Crippen molar-refractivity contribution in [1.82, 2.24) is 15.5 Å². The first-order valence-corrected chi connectivity index (χ1v) is 11.8. The number of amides is 3. The maximum Gasteiger partial charge on any atom is 0.408 e. The number of aliphatic hydroxyl groups excluding tert-OH is 1. The molecule has 36 heavy (non-hydrogen) atoms. The third-order valence-corrected chi connectivity index (χ3v) is 4.89. The fourth-order valence-electron chi connectivity index (χ4n) is 3.23. The Hall–Kier alpha value is -3.65. The topological polar surface area (TPSA) is 158 Å². The molecule has 0 saturated carbocycles. The smallest absolute Gasteiger partial charge is 0.408 e. The van der Waals surface area contributed by atoms with Gasteiger partial charge in [-0.25, -0.2) is 4.79 Å². The SMILES string of the molecule is CCOC(=O)CCNC(=O)C(c1ccc(CC)cc1)N(CC#N)C(=O)C(CO)NC(=O)OC(C)(C)C. The molecule has 2 unspecified atom stereocenters. The minimum absolute atomic E-state index is 0.0462. The summed E-state index contributed by atoms with van der Waals surface area (Å²) in [4.78, 5) is 51.4. The van der Waals surface area contributed by atoms with Crippen LogP contribution in [0.3, 0.4) is 0 Å². The van der Waals surface area contributed by atoms with Crippen LogP contribution >= 0.6 is 0 Å². The molecule has 3 N–H and O–H groups in total. The number of alkyl carbamates (subject to hydrolysis) is 1. The number of ether oxygens (including phenoxy) is 2. The molecule has 11 nitrogen and oxygen atoms in total. The Balaban J connectivity index is 3.27. The zero-order valence-corrected chi connectivity index (χ0v) is 21.5. The minimum atomic E-state index is -1.46. The van der Waals surface area contributed by atoms with Gasteiger partial charge in [0, 0.05) is 6.54 Å². The summed E-state index contributed by atoms with van der Waals surface area (Å²) in [6.45, 7) is 7.42. The van der Waals surface area contributed by atoms with Gasteiger partial charge in [0.25, 0.3) is 0 Å². The van der Waals surface area contributed by atoms with E-state index in [9.17, 15) is 29.5 Å². The lowest BCUT2D eigenvalue weighted by Crippen LogP contribution is -2.54. The molecule has 0 aromatic heterocycles. The van der Waals surface area contributed by atoms with Gasteiger partial charge in [-0.1, -0.05) is 31.2 Å². The molecular formula is C25H36N4O7. The molecule has 1 aromatic rings. The van der Waals surface area contributed by atoms with Crippen LogP contribution in [0.4, 0.5) is 4.79 Å². The Kier molecular flexibility index (Phi) is 12.4.